The highest BCUT2D eigenvalue weighted by atomic mass is 19.1. The van der Waals surface area contributed by atoms with Crippen molar-refractivity contribution in [2.24, 2.45) is 0 Å². The van der Waals surface area contributed by atoms with Crippen LogP contribution in [0.1, 0.15) is 6.92 Å². The molecule has 0 aromatic heterocycles. The Balaban J connectivity index is 2.55. The Hall–Kier alpha value is -1.49. The topological polar surface area (TPSA) is 9.23 Å². The maximum atomic E-state index is 12.5. The van der Waals surface area contributed by atoms with Crippen molar-refractivity contribution in [3.05, 3.63) is 30.1 Å². The zero-order chi connectivity index (χ0) is 8.81. The second-order valence-electron chi connectivity index (χ2n) is 2.09. The van der Waals surface area contributed by atoms with Crippen molar-refractivity contribution in [2.45, 2.75) is 6.92 Å². The van der Waals surface area contributed by atoms with E-state index in [1.165, 1.54) is 12.1 Å². The van der Waals surface area contributed by atoms with Gasteiger partial charge in [-0.05, 0) is 19.1 Å². The van der Waals surface area contributed by atoms with Gasteiger partial charge in [0.25, 0.3) is 0 Å². The van der Waals surface area contributed by atoms with Gasteiger partial charge in [-0.3, -0.25) is 0 Å². The number of hydrogen-bond donors (Lipinski definition) is 0. The van der Waals surface area contributed by atoms with Crippen LogP contribution in [0.25, 0.3) is 0 Å². The highest BCUT2D eigenvalue weighted by molar-refractivity contribution is 5.22. The molecule has 0 saturated heterocycles. The summed E-state index contributed by atoms with van der Waals surface area (Å²) in [7, 11) is 0. The van der Waals surface area contributed by atoms with Gasteiger partial charge < -0.3 is 4.74 Å². The highest BCUT2D eigenvalue weighted by Crippen LogP contribution is 2.10. The van der Waals surface area contributed by atoms with Crippen LogP contribution in [0, 0.1) is 23.7 Å². The number of halogens is 1. The molecule has 0 unspecified atom stereocenters. The Morgan fingerprint density at radius 1 is 1.67 bits per heavy atom. The molecule has 0 aliphatic heterocycles. The molecule has 0 fully saturated rings. The van der Waals surface area contributed by atoms with Crippen LogP contribution in [0.2, 0.25) is 0 Å². The number of ether oxygens (including phenoxy) is 1. The Labute approximate surface area is 71.2 Å². The summed E-state index contributed by atoms with van der Waals surface area (Å²) in [5.74, 6) is 5.45. The Bertz CT molecular complexity index is 309. The average Bonchev–Trinajstić information content (AvgIpc) is 2.05. The zero-order valence-corrected chi connectivity index (χ0v) is 6.73. The molecule has 1 radical (unpaired) electrons. The van der Waals surface area contributed by atoms with Crippen LogP contribution in [0.15, 0.2) is 18.2 Å². The van der Waals surface area contributed by atoms with Crippen molar-refractivity contribution >= 4 is 0 Å². The van der Waals surface area contributed by atoms with Gasteiger partial charge in [-0.15, -0.1) is 5.92 Å². The molecular formula is C10H8FO. The standard InChI is InChI=1S/C10H8FO/c1-2-3-7-12-10-6-4-5-9(11)8-10/h4,6,8H,7H2,1H3. The molecule has 1 aromatic carbocycles. The van der Waals surface area contributed by atoms with Crippen molar-refractivity contribution in [3.8, 4) is 17.6 Å². The van der Waals surface area contributed by atoms with Crippen LogP contribution >= 0.6 is 0 Å². The largest absolute Gasteiger partial charge is 0.481 e. The summed E-state index contributed by atoms with van der Waals surface area (Å²) in [4.78, 5) is 0. The lowest BCUT2D eigenvalue weighted by atomic mass is 10.3. The van der Waals surface area contributed by atoms with E-state index in [1.54, 1.807) is 13.0 Å². The summed E-state index contributed by atoms with van der Waals surface area (Å²) in [6.07, 6.45) is 0. The van der Waals surface area contributed by atoms with Gasteiger partial charge in [0, 0.05) is 12.1 Å². The molecule has 0 saturated carbocycles. The molecule has 0 atom stereocenters. The van der Waals surface area contributed by atoms with Gasteiger partial charge in [0.2, 0.25) is 0 Å². The monoisotopic (exact) mass is 163 g/mol. The Morgan fingerprint density at radius 2 is 2.50 bits per heavy atom. The van der Waals surface area contributed by atoms with Crippen LogP contribution in [-0.2, 0) is 0 Å². The fourth-order valence-corrected chi connectivity index (χ4v) is 0.699. The third-order valence-electron chi connectivity index (χ3n) is 1.23. The van der Waals surface area contributed by atoms with E-state index in [4.69, 9.17) is 4.74 Å². The van der Waals surface area contributed by atoms with Gasteiger partial charge in [0.1, 0.15) is 18.2 Å². The van der Waals surface area contributed by atoms with E-state index in [0.29, 0.717) is 12.4 Å². The molecule has 0 aliphatic rings. The minimum Gasteiger partial charge on any atom is -0.481 e. The Morgan fingerprint density at radius 3 is 3.17 bits per heavy atom. The molecule has 0 spiro atoms. The van der Waals surface area contributed by atoms with Gasteiger partial charge in [-0.25, -0.2) is 4.39 Å². The van der Waals surface area contributed by atoms with Crippen LogP contribution < -0.4 is 4.74 Å². The van der Waals surface area contributed by atoms with Crippen LogP contribution in [0.5, 0.6) is 5.75 Å². The third kappa shape index (κ3) is 2.63. The molecule has 0 bridgehead atoms. The van der Waals surface area contributed by atoms with E-state index in [2.05, 4.69) is 17.9 Å². The molecular weight excluding hydrogens is 155 g/mol. The lowest BCUT2D eigenvalue weighted by Gasteiger charge is -1.99. The summed E-state index contributed by atoms with van der Waals surface area (Å²) in [5, 5.41) is 0. The Kier molecular flexibility index (Phi) is 3.16. The van der Waals surface area contributed by atoms with Crippen molar-refractivity contribution in [1.82, 2.24) is 0 Å². The molecule has 0 heterocycles. The second kappa shape index (κ2) is 4.40. The smallest absolute Gasteiger partial charge is 0.149 e. The maximum Gasteiger partial charge on any atom is 0.149 e. The average molecular weight is 163 g/mol. The second-order valence-corrected chi connectivity index (χ2v) is 2.09. The van der Waals surface area contributed by atoms with Crippen molar-refractivity contribution in [3.63, 3.8) is 0 Å². The lowest BCUT2D eigenvalue weighted by molar-refractivity contribution is 0.367. The van der Waals surface area contributed by atoms with Gasteiger partial charge in [0.05, 0.1) is 0 Å². The molecule has 1 rings (SSSR count). The molecule has 61 valence electrons. The minimum absolute atomic E-state index is 0.292. The van der Waals surface area contributed by atoms with Crippen LogP contribution in [0.4, 0.5) is 4.39 Å². The molecule has 0 amide bonds. The summed E-state index contributed by atoms with van der Waals surface area (Å²) >= 11 is 0. The molecule has 0 N–H and O–H groups in total. The normalized spacial score (nSPS) is 8.50. The van der Waals surface area contributed by atoms with Crippen LogP contribution in [0.3, 0.4) is 0 Å². The van der Waals surface area contributed by atoms with Gasteiger partial charge in [0.15, 0.2) is 0 Å². The first kappa shape index (κ1) is 8.61. The predicted octanol–water partition coefficient (Wildman–Crippen LogP) is 2.03. The van der Waals surface area contributed by atoms with E-state index in [9.17, 15) is 4.39 Å². The lowest BCUT2D eigenvalue weighted by Crippen LogP contribution is -1.93. The molecule has 12 heavy (non-hydrogen) atoms. The summed E-state index contributed by atoms with van der Waals surface area (Å²) in [6, 6.07) is 6.77. The maximum absolute atomic E-state index is 12.5. The van der Waals surface area contributed by atoms with E-state index in [0.717, 1.165) is 0 Å². The fraction of sp³-hybridized carbons (Fsp3) is 0.200. The summed E-state index contributed by atoms with van der Waals surface area (Å²) < 4.78 is 17.6. The van der Waals surface area contributed by atoms with E-state index >= 15 is 0 Å². The number of benzene rings is 1. The van der Waals surface area contributed by atoms with Crippen molar-refractivity contribution < 1.29 is 9.13 Å². The zero-order valence-electron chi connectivity index (χ0n) is 6.73. The minimum atomic E-state index is -0.419. The van der Waals surface area contributed by atoms with E-state index < -0.39 is 5.82 Å². The van der Waals surface area contributed by atoms with Crippen LogP contribution in [-0.4, -0.2) is 6.61 Å². The first-order chi connectivity index (χ1) is 5.83. The first-order valence-corrected chi connectivity index (χ1v) is 3.52. The van der Waals surface area contributed by atoms with Crippen molar-refractivity contribution in [2.75, 3.05) is 6.61 Å². The SMILES string of the molecule is CC#CCOc1cc[c]c(F)c1. The van der Waals surface area contributed by atoms with E-state index in [1.807, 2.05) is 0 Å². The quantitative estimate of drug-likeness (QED) is 0.606. The molecule has 1 aromatic rings. The number of hydrogen-bond acceptors (Lipinski definition) is 1. The first-order valence-electron chi connectivity index (χ1n) is 3.52. The van der Waals surface area contributed by atoms with Gasteiger partial charge in [-0.1, -0.05) is 5.92 Å². The highest BCUT2D eigenvalue weighted by Gasteiger charge is 1.93. The molecule has 0 aliphatic carbocycles. The summed E-state index contributed by atoms with van der Waals surface area (Å²) in [6.45, 7) is 2.02. The number of rotatable bonds is 2. The van der Waals surface area contributed by atoms with Crippen molar-refractivity contribution in [1.29, 1.82) is 0 Å². The third-order valence-corrected chi connectivity index (χ3v) is 1.23. The molecule has 1 nitrogen and oxygen atoms in total. The molecule has 2 heteroatoms. The van der Waals surface area contributed by atoms with E-state index in [-0.39, 0.29) is 0 Å². The summed E-state index contributed by atoms with van der Waals surface area (Å²) in [5.41, 5.74) is 0. The predicted molar refractivity (Wildman–Crippen MR) is 44.2 cm³/mol. The fourth-order valence-electron chi connectivity index (χ4n) is 0.699. The van der Waals surface area contributed by atoms with Gasteiger partial charge in [-0.2, -0.15) is 0 Å². The van der Waals surface area contributed by atoms with Gasteiger partial charge >= 0.3 is 0 Å².